The molecule has 0 aliphatic carbocycles. The number of halogens is 2. The van der Waals surface area contributed by atoms with E-state index in [1.807, 2.05) is 60.4 Å². The van der Waals surface area contributed by atoms with Crippen LogP contribution in [0.25, 0.3) is 11.3 Å². The fourth-order valence-corrected chi connectivity index (χ4v) is 5.37. The van der Waals surface area contributed by atoms with Crippen molar-refractivity contribution < 1.29 is 4.42 Å². The number of thioether (sulfide) groups is 1. The van der Waals surface area contributed by atoms with Gasteiger partial charge in [0.1, 0.15) is 23.6 Å². The Labute approximate surface area is 177 Å². The molecule has 0 radical (unpaired) electrons. The molecule has 4 heterocycles. The van der Waals surface area contributed by atoms with E-state index in [-0.39, 0.29) is 12.1 Å². The van der Waals surface area contributed by atoms with Gasteiger partial charge in [0.05, 0.1) is 10.7 Å². The molecule has 28 heavy (non-hydrogen) atoms. The lowest BCUT2D eigenvalue weighted by atomic mass is 10.0. The maximum Gasteiger partial charge on any atom is 0.161 e. The summed E-state index contributed by atoms with van der Waals surface area (Å²) in [5.41, 5.74) is 1.78. The van der Waals surface area contributed by atoms with Crippen LogP contribution in [-0.2, 0) is 0 Å². The molecule has 3 aromatic rings. The molecule has 5 rings (SSSR count). The summed E-state index contributed by atoms with van der Waals surface area (Å²) in [6.07, 6.45) is 1.81. The van der Waals surface area contributed by atoms with E-state index >= 15 is 0 Å². The van der Waals surface area contributed by atoms with Crippen LogP contribution >= 0.6 is 35.0 Å². The summed E-state index contributed by atoms with van der Waals surface area (Å²) in [7, 11) is 0. The van der Waals surface area contributed by atoms with Crippen LogP contribution < -0.4 is 0 Å². The van der Waals surface area contributed by atoms with Gasteiger partial charge >= 0.3 is 0 Å². The van der Waals surface area contributed by atoms with Gasteiger partial charge in [-0.2, -0.15) is 0 Å². The van der Waals surface area contributed by atoms with Crippen LogP contribution in [0, 0.1) is 0 Å². The summed E-state index contributed by atoms with van der Waals surface area (Å²) in [4.78, 5) is 11.9. The fourth-order valence-electron chi connectivity index (χ4n) is 3.77. The van der Waals surface area contributed by atoms with Gasteiger partial charge in [0, 0.05) is 28.6 Å². The first kappa shape index (κ1) is 18.1. The molecule has 1 aromatic carbocycles. The lowest BCUT2D eigenvalue weighted by Crippen LogP contribution is -2.28. The van der Waals surface area contributed by atoms with Crippen molar-refractivity contribution in [2.24, 2.45) is 4.99 Å². The van der Waals surface area contributed by atoms with Gasteiger partial charge in [-0.1, -0.05) is 48.0 Å². The van der Waals surface area contributed by atoms with E-state index in [2.05, 4.69) is 16.8 Å². The summed E-state index contributed by atoms with van der Waals surface area (Å²) in [6, 6.07) is 15.3. The average molecular weight is 430 g/mol. The molecule has 0 bridgehead atoms. The Kier molecular flexibility index (Phi) is 4.62. The standard InChI is InChI=1S/C21H17Cl2N3OS/c1-12-11-26-20(19(25-21(26)28-12)16-4-2-3-9-24-16)18-8-7-17(27-18)14-6-5-13(22)10-15(14)23/h2-10,12,19-20H,11H2,1H3. The van der Waals surface area contributed by atoms with Gasteiger partial charge in [-0.15, -0.1) is 0 Å². The third-order valence-electron chi connectivity index (χ3n) is 5.00. The van der Waals surface area contributed by atoms with E-state index in [0.29, 0.717) is 15.3 Å². The van der Waals surface area contributed by atoms with Gasteiger partial charge in [-0.25, -0.2) is 4.99 Å². The Balaban J connectivity index is 1.54. The Hall–Kier alpha value is -1.95. The van der Waals surface area contributed by atoms with Gasteiger partial charge in [0.15, 0.2) is 5.17 Å². The smallest absolute Gasteiger partial charge is 0.161 e. The highest BCUT2D eigenvalue weighted by atomic mass is 35.5. The minimum Gasteiger partial charge on any atom is -0.459 e. The molecular formula is C21H17Cl2N3OS. The van der Waals surface area contributed by atoms with E-state index in [0.717, 1.165) is 34.5 Å². The monoisotopic (exact) mass is 429 g/mol. The van der Waals surface area contributed by atoms with Crippen molar-refractivity contribution in [3.63, 3.8) is 0 Å². The maximum atomic E-state index is 6.37. The second kappa shape index (κ2) is 7.14. The Morgan fingerprint density at radius 3 is 2.82 bits per heavy atom. The van der Waals surface area contributed by atoms with Crippen LogP contribution in [0.5, 0.6) is 0 Å². The van der Waals surface area contributed by atoms with Crippen molar-refractivity contribution in [3.05, 3.63) is 76.2 Å². The van der Waals surface area contributed by atoms with Crippen LogP contribution in [-0.4, -0.2) is 26.8 Å². The maximum absolute atomic E-state index is 6.37. The summed E-state index contributed by atoms with van der Waals surface area (Å²) in [5, 5.41) is 2.75. The van der Waals surface area contributed by atoms with E-state index in [1.54, 1.807) is 6.07 Å². The number of nitrogens with zero attached hydrogens (tertiary/aromatic N) is 3. The minimum atomic E-state index is -0.0871. The summed E-state index contributed by atoms with van der Waals surface area (Å²) >= 11 is 14.2. The highest BCUT2D eigenvalue weighted by molar-refractivity contribution is 8.14. The van der Waals surface area contributed by atoms with Gasteiger partial charge in [0.2, 0.25) is 0 Å². The molecular weight excluding hydrogens is 413 g/mol. The largest absolute Gasteiger partial charge is 0.459 e. The molecule has 1 fully saturated rings. The Morgan fingerprint density at radius 2 is 2.04 bits per heavy atom. The number of amidine groups is 1. The molecule has 7 heteroatoms. The molecule has 0 N–H and O–H groups in total. The second-order valence-corrected chi connectivity index (χ2v) is 9.21. The molecule has 2 aliphatic rings. The minimum absolute atomic E-state index is 0.0119. The number of aliphatic imine (C=N–C) groups is 1. The van der Waals surface area contributed by atoms with E-state index < -0.39 is 0 Å². The van der Waals surface area contributed by atoms with E-state index in [1.165, 1.54) is 0 Å². The Bertz CT molecular complexity index is 1050. The predicted molar refractivity (Wildman–Crippen MR) is 115 cm³/mol. The third kappa shape index (κ3) is 3.11. The number of rotatable bonds is 3. The average Bonchev–Trinajstić information content (AvgIpc) is 3.36. The zero-order valence-corrected chi connectivity index (χ0v) is 17.4. The molecule has 142 valence electrons. The SMILES string of the molecule is CC1CN2C(=NC(c3ccccn3)C2c2ccc(-c3ccc(Cl)cc3Cl)o2)S1. The van der Waals surface area contributed by atoms with Crippen LogP contribution in [0.1, 0.15) is 30.5 Å². The molecule has 1 saturated heterocycles. The highest BCUT2D eigenvalue weighted by Gasteiger charge is 2.45. The van der Waals surface area contributed by atoms with Crippen LogP contribution in [0.3, 0.4) is 0 Å². The fraction of sp³-hybridized carbons (Fsp3) is 0.238. The normalized spacial score (nSPS) is 23.8. The van der Waals surface area contributed by atoms with Crippen LogP contribution in [0.4, 0.5) is 0 Å². The number of furan rings is 1. The molecule has 0 amide bonds. The van der Waals surface area contributed by atoms with E-state index in [9.17, 15) is 0 Å². The number of benzene rings is 1. The summed E-state index contributed by atoms with van der Waals surface area (Å²) in [6.45, 7) is 3.16. The van der Waals surface area contributed by atoms with E-state index in [4.69, 9.17) is 32.6 Å². The first-order valence-corrected chi connectivity index (χ1v) is 10.7. The summed E-state index contributed by atoms with van der Waals surface area (Å²) < 4.78 is 6.29. The quantitative estimate of drug-likeness (QED) is 0.494. The molecule has 2 aliphatic heterocycles. The summed E-state index contributed by atoms with van der Waals surface area (Å²) in [5.74, 6) is 1.59. The Morgan fingerprint density at radius 1 is 1.14 bits per heavy atom. The molecule has 3 unspecified atom stereocenters. The van der Waals surface area contributed by atoms with Gasteiger partial charge < -0.3 is 9.32 Å². The lowest BCUT2D eigenvalue weighted by molar-refractivity contribution is 0.277. The van der Waals surface area contributed by atoms with Crippen molar-refractivity contribution in [2.45, 2.75) is 24.3 Å². The zero-order chi connectivity index (χ0) is 19.3. The number of aromatic nitrogens is 1. The van der Waals surface area contributed by atoms with Crippen molar-refractivity contribution >= 4 is 40.1 Å². The van der Waals surface area contributed by atoms with Gasteiger partial charge in [-0.3, -0.25) is 4.98 Å². The number of pyridine rings is 1. The topological polar surface area (TPSA) is 41.6 Å². The number of hydrogen-bond donors (Lipinski definition) is 0. The second-order valence-electron chi connectivity index (χ2n) is 6.96. The van der Waals surface area contributed by atoms with Crippen molar-refractivity contribution in [2.75, 3.05) is 6.54 Å². The van der Waals surface area contributed by atoms with Crippen molar-refractivity contribution in [1.29, 1.82) is 0 Å². The molecule has 0 saturated carbocycles. The number of hydrogen-bond acceptors (Lipinski definition) is 5. The van der Waals surface area contributed by atoms with Gasteiger partial charge in [-0.05, 0) is 42.5 Å². The third-order valence-corrected chi connectivity index (χ3v) is 6.65. The zero-order valence-electron chi connectivity index (χ0n) is 15.0. The van der Waals surface area contributed by atoms with Crippen LogP contribution in [0.2, 0.25) is 10.0 Å². The van der Waals surface area contributed by atoms with Gasteiger partial charge in [0.25, 0.3) is 0 Å². The predicted octanol–water partition coefficient (Wildman–Crippen LogP) is 6.24. The van der Waals surface area contributed by atoms with Crippen molar-refractivity contribution in [3.8, 4) is 11.3 Å². The molecule has 2 aromatic heterocycles. The molecule has 3 atom stereocenters. The molecule has 4 nitrogen and oxygen atoms in total. The number of fused-ring (bicyclic) bond motifs is 1. The van der Waals surface area contributed by atoms with Crippen molar-refractivity contribution in [1.82, 2.24) is 9.88 Å². The van der Waals surface area contributed by atoms with Crippen LogP contribution in [0.15, 0.2) is 64.1 Å². The first-order valence-electron chi connectivity index (χ1n) is 9.07. The molecule has 0 spiro atoms. The lowest BCUT2D eigenvalue weighted by Gasteiger charge is -2.25. The highest BCUT2D eigenvalue weighted by Crippen LogP contribution is 2.48. The first-order chi connectivity index (χ1) is 13.6.